The van der Waals surface area contributed by atoms with Crippen molar-refractivity contribution in [2.45, 2.75) is 31.9 Å². The first-order valence-corrected chi connectivity index (χ1v) is 10.1. The van der Waals surface area contributed by atoms with Crippen LogP contribution >= 0.6 is 0 Å². The van der Waals surface area contributed by atoms with Gasteiger partial charge in [0.2, 0.25) is 0 Å². The quantitative estimate of drug-likeness (QED) is 0.356. The van der Waals surface area contributed by atoms with Crippen LogP contribution in [0.1, 0.15) is 35.2 Å². The van der Waals surface area contributed by atoms with E-state index in [1.54, 1.807) is 19.1 Å². The predicted molar refractivity (Wildman–Crippen MR) is 111 cm³/mol. The standard InChI is InChI=1S/C24H18F7N3/c1-2-34(14-16-13-33-8-7-19(16)20-5-3-4-6-21(20)25)22(12-32)15-9-17(23(26,27)28)11-18(10-15)24(29,30)31/h3-11,13,22H,2,14H2,1H3. The van der Waals surface area contributed by atoms with Crippen LogP contribution < -0.4 is 0 Å². The second-order valence-electron chi connectivity index (χ2n) is 7.45. The number of pyridine rings is 1. The van der Waals surface area contributed by atoms with Gasteiger partial charge in [-0.3, -0.25) is 9.88 Å². The summed E-state index contributed by atoms with van der Waals surface area (Å²) in [7, 11) is 0. The maximum absolute atomic E-state index is 14.4. The van der Waals surface area contributed by atoms with Gasteiger partial charge in [0.25, 0.3) is 0 Å². The smallest absolute Gasteiger partial charge is 0.280 e. The van der Waals surface area contributed by atoms with E-state index in [0.717, 1.165) is 0 Å². The first-order chi connectivity index (χ1) is 16.0. The molecule has 1 aromatic heterocycles. The van der Waals surface area contributed by atoms with E-state index in [1.165, 1.54) is 35.5 Å². The van der Waals surface area contributed by atoms with Crippen LogP contribution in [-0.4, -0.2) is 16.4 Å². The molecular weight excluding hydrogens is 463 g/mol. The maximum Gasteiger partial charge on any atom is 0.416 e. The summed E-state index contributed by atoms with van der Waals surface area (Å²) in [5.74, 6) is -0.512. The molecule has 0 aliphatic heterocycles. The number of alkyl halides is 6. The molecule has 0 amide bonds. The average Bonchev–Trinajstić information content (AvgIpc) is 2.78. The predicted octanol–water partition coefficient (Wildman–Crippen LogP) is 7.01. The third kappa shape index (κ3) is 5.54. The van der Waals surface area contributed by atoms with Gasteiger partial charge in [-0.15, -0.1) is 0 Å². The molecule has 34 heavy (non-hydrogen) atoms. The van der Waals surface area contributed by atoms with Crippen LogP contribution in [0.4, 0.5) is 30.7 Å². The zero-order valence-corrected chi connectivity index (χ0v) is 17.8. The van der Waals surface area contributed by atoms with Crippen molar-refractivity contribution >= 4 is 0 Å². The lowest BCUT2D eigenvalue weighted by molar-refractivity contribution is -0.143. The number of hydrogen-bond acceptors (Lipinski definition) is 3. The average molecular weight is 481 g/mol. The zero-order chi connectivity index (χ0) is 25.1. The summed E-state index contributed by atoms with van der Waals surface area (Å²) < 4.78 is 94.2. The Balaban J connectivity index is 2.06. The van der Waals surface area contributed by atoms with E-state index >= 15 is 0 Å². The van der Waals surface area contributed by atoms with Crippen molar-refractivity contribution in [2.75, 3.05) is 6.54 Å². The lowest BCUT2D eigenvalue weighted by atomic mass is 9.97. The summed E-state index contributed by atoms with van der Waals surface area (Å²) >= 11 is 0. The van der Waals surface area contributed by atoms with E-state index in [2.05, 4.69) is 4.98 Å². The molecule has 0 radical (unpaired) electrons. The van der Waals surface area contributed by atoms with Gasteiger partial charge in [-0.05, 0) is 53.6 Å². The zero-order valence-electron chi connectivity index (χ0n) is 17.8. The number of hydrogen-bond donors (Lipinski definition) is 0. The summed E-state index contributed by atoms with van der Waals surface area (Å²) in [5, 5.41) is 9.75. The second kappa shape index (κ2) is 9.81. The molecule has 1 unspecified atom stereocenters. The SMILES string of the molecule is CCN(Cc1cnccc1-c1ccccc1F)C(C#N)c1cc(C(F)(F)F)cc(C(F)(F)F)c1. The number of halogens is 7. The normalized spacial score (nSPS) is 13.1. The van der Waals surface area contributed by atoms with Crippen LogP contribution in [0.5, 0.6) is 0 Å². The van der Waals surface area contributed by atoms with Gasteiger partial charge in [0.05, 0.1) is 17.2 Å². The van der Waals surface area contributed by atoms with E-state index in [4.69, 9.17) is 0 Å². The Morgan fingerprint density at radius 2 is 1.56 bits per heavy atom. The fourth-order valence-electron chi connectivity index (χ4n) is 3.60. The first-order valence-electron chi connectivity index (χ1n) is 10.1. The molecular formula is C24H18F7N3. The van der Waals surface area contributed by atoms with Crippen LogP contribution in [0.25, 0.3) is 11.1 Å². The van der Waals surface area contributed by atoms with E-state index < -0.39 is 40.9 Å². The maximum atomic E-state index is 14.4. The van der Waals surface area contributed by atoms with E-state index in [1.807, 2.05) is 6.07 Å². The van der Waals surface area contributed by atoms with Gasteiger partial charge in [0.15, 0.2) is 0 Å². The molecule has 3 nitrogen and oxygen atoms in total. The molecule has 0 aliphatic carbocycles. The van der Waals surface area contributed by atoms with Crippen LogP contribution in [0.2, 0.25) is 0 Å². The van der Waals surface area contributed by atoms with Gasteiger partial charge in [0, 0.05) is 24.5 Å². The minimum absolute atomic E-state index is 0.0195. The van der Waals surface area contributed by atoms with Crippen molar-refractivity contribution in [3.05, 3.63) is 89.0 Å². The Bertz CT molecular complexity index is 1160. The topological polar surface area (TPSA) is 39.9 Å². The Morgan fingerprint density at radius 3 is 2.09 bits per heavy atom. The van der Waals surface area contributed by atoms with Gasteiger partial charge in [-0.25, -0.2) is 4.39 Å². The fraction of sp³-hybridized carbons (Fsp3) is 0.250. The number of aromatic nitrogens is 1. The molecule has 3 aromatic rings. The number of nitriles is 1. The van der Waals surface area contributed by atoms with Crippen molar-refractivity contribution in [2.24, 2.45) is 0 Å². The van der Waals surface area contributed by atoms with Gasteiger partial charge in [0.1, 0.15) is 11.9 Å². The highest BCUT2D eigenvalue weighted by molar-refractivity contribution is 5.67. The molecule has 0 N–H and O–H groups in total. The molecule has 0 bridgehead atoms. The lowest BCUT2D eigenvalue weighted by Gasteiger charge is -2.28. The molecule has 0 aliphatic rings. The largest absolute Gasteiger partial charge is 0.416 e. The van der Waals surface area contributed by atoms with Crippen LogP contribution in [0, 0.1) is 17.1 Å². The van der Waals surface area contributed by atoms with Crippen LogP contribution in [-0.2, 0) is 18.9 Å². The minimum atomic E-state index is -5.03. The van der Waals surface area contributed by atoms with Crippen molar-refractivity contribution in [1.82, 2.24) is 9.88 Å². The van der Waals surface area contributed by atoms with Crippen molar-refractivity contribution in [3.63, 3.8) is 0 Å². The Morgan fingerprint density at radius 1 is 0.941 bits per heavy atom. The Labute approximate surface area is 191 Å². The lowest BCUT2D eigenvalue weighted by Crippen LogP contribution is -2.28. The number of rotatable bonds is 6. The first kappa shape index (κ1) is 25.2. The van der Waals surface area contributed by atoms with Crippen LogP contribution in [0.15, 0.2) is 60.9 Å². The fourth-order valence-corrected chi connectivity index (χ4v) is 3.60. The number of nitrogens with zero attached hydrogens (tertiary/aromatic N) is 3. The second-order valence-corrected chi connectivity index (χ2v) is 7.45. The van der Waals surface area contributed by atoms with E-state index in [-0.39, 0.29) is 24.7 Å². The van der Waals surface area contributed by atoms with Crippen molar-refractivity contribution in [1.29, 1.82) is 5.26 Å². The summed E-state index contributed by atoms with van der Waals surface area (Å²) in [6.07, 6.45) is -7.21. The molecule has 178 valence electrons. The van der Waals surface area contributed by atoms with E-state index in [0.29, 0.717) is 23.3 Å². The third-order valence-electron chi connectivity index (χ3n) is 5.26. The van der Waals surface area contributed by atoms with Crippen molar-refractivity contribution in [3.8, 4) is 17.2 Å². The number of benzene rings is 2. The monoisotopic (exact) mass is 481 g/mol. The molecule has 0 saturated carbocycles. The van der Waals surface area contributed by atoms with Gasteiger partial charge < -0.3 is 0 Å². The Hall–Kier alpha value is -3.45. The summed E-state index contributed by atoms with van der Waals surface area (Å²) in [5.41, 5.74) is -2.28. The van der Waals surface area contributed by atoms with Gasteiger partial charge in [-0.2, -0.15) is 31.6 Å². The molecule has 10 heteroatoms. The highest BCUT2D eigenvalue weighted by Gasteiger charge is 2.38. The third-order valence-corrected chi connectivity index (χ3v) is 5.26. The molecule has 1 atom stereocenters. The highest BCUT2D eigenvalue weighted by Crippen LogP contribution is 2.38. The molecule has 0 spiro atoms. The summed E-state index contributed by atoms with van der Waals surface area (Å²) in [6.45, 7) is 1.66. The molecule has 3 rings (SSSR count). The molecule has 0 fully saturated rings. The highest BCUT2D eigenvalue weighted by atomic mass is 19.4. The van der Waals surface area contributed by atoms with E-state index in [9.17, 15) is 36.0 Å². The summed E-state index contributed by atoms with van der Waals surface area (Å²) in [6, 6.07) is 8.98. The van der Waals surface area contributed by atoms with Gasteiger partial charge >= 0.3 is 12.4 Å². The molecule has 1 heterocycles. The van der Waals surface area contributed by atoms with Crippen LogP contribution in [0.3, 0.4) is 0 Å². The Kier molecular flexibility index (Phi) is 7.26. The minimum Gasteiger partial charge on any atom is -0.280 e. The summed E-state index contributed by atoms with van der Waals surface area (Å²) in [4.78, 5) is 5.41. The van der Waals surface area contributed by atoms with Crippen molar-refractivity contribution < 1.29 is 30.7 Å². The molecule has 0 saturated heterocycles. The molecule has 2 aromatic carbocycles. The van der Waals surface area contributed by atoms with Gasteiger partial charge in [-0.1, -0.05) is 25.1 Å².